The normalized spacial score (nSPS) is 11.6. The number of aromatic nitrogens is 3. The van der Waals surface area contributed by atoms with Crippen LogP contribution in [0.1, 0.15) is 44.9 Å². The van der Waals surface area contributed by atoms with Gasteiger partial charge in [0.25, 0.3) is 0 Å². The number of anilines is 3. The molecule has 3 rings (SSSR count). The third-order valence-electron chi connectivity index (χ3n) is 4.19. The lowest BCUT2D eigenvalue weighted by atomic mass is 9.96. The Kier molecular flexibility index (Phi) is 4.90. The lowest BCUT2D eigenvalue weighted by Gasteiger charge is -2.13. The first-order valence-electron chi connectivity index (χ1n) is 8.57. The van der Waals surface area contributed by atoms with Crippen LogP contribution in [0.3, 0.4) is 0 Å². The molecule has 0 atom stereocenters. The van der Waals surface area contributed by atoms with Gasteiger partial charge in [-0.3, -0.25) is 0 Å². The fourth-order valence-electron chi connectivity index (χ4n) is 3.16. The van der Waals surface area contributed by atoms with Crippen molar-refractivity contribution in [3.8, 4) is 0 Å². The van der Waals surface area contributed by atoms with Crippen molar-refractivity contribution in [2.75, 3.05) is 11.1 Å². The molecule has 1 aromatic carbocycles. The summed E-state index contributed by atoms with van der Waals surface area (Å²) >= 11 is 4.40. The Balaban J connectivity index is 2.11. The first kappa shape index (κ1) is 17.6. The fraction of sp³-hybridized carbons (Fsp3) is 0.368. The molecule has 0 aliphatic rings. The number of fused-ring (bicyclic) bond motifs is 1. The molecule has 0 aliphatic heterocycles. The molecule has 0 fully saturated rings. The molecule has 4 N–H and O–H groups in total. The minimum Gasteiger partial charge on any atom is -0.398 e. The van der Waals surface area contributed by atoms with Crippen LogP contribution in [-0.4, -0.2) is 15.0 Å². The van der Waals surface area contributed by atoms with Crippen LogP contribution in [0.15, 0.2) is 29.4 Å². The molecule has 0 saturated heterocycles. The van der Waals surface area contributed by atoms with Crippen molar-refractivity contribution in [1.29, 1.82) is 0 Å². The monoisotopic (exact) mass is 355 g/mol. The van der Waals surface area contributed by atoms with Crippen molar-refractivity contribution < 1.29 is 0 Å². The molecule has 0 unspecified atom stereocenters. The SMILES string of the molecule is CC(C)Cc1[nH]c2ncnc(Nc3ccc(N)c(S)c3)c2c1C(C)C. The van der Waals surface area contributed by atoms with Crippen LogP contribution in [0.25, 0.3) is 11.0 Å². The van der Waals surface area contributed by atoms with Crippen LogP contribution < -0.4 is 11.1 Å². The van der Waals surface area contributed by atoms with Gasteiger partial charge < -0.3 is 16.0 Å². The summed E-state index contributed by atoms with van der Waals surface area (Å²) in [5.41, 5.74) is 10.8. The van der Waals surface area contributed by atoms with E-state index in [2.05, 4.69) is 60.6 Å². The van der Waals surface area contributed by atoms with E-state index in [0.717, 1.165) is 33.9 Å². The lowest BCUT2D eigenvalue weighted by molar-refractivity contribution is 0.630. The summed E-state index contributed by atoms with van der Waals surface area (Å²) in [7, 11) is 0. The van der Waals surface area contributed by atoms with Crippen molar-refractivity contribution in [1.82, 2.24) is 15.0 Å². The predicted octanol–water partition coefficient (Wildman–Crippen LogP) is 4.89. The number of H-pyrrole nitrogens is 1. The summed E-state index contributed by atoms with van der Waals surface area (Å²) < 4.78 is 0. The number of rotatable bonds is 5. The molecule has 0 saturated carbocycles. The Morgan fingerprint density at radius 2 is 1.96 bits per heavy atom. The van der Waals surface area contributed by atoms with Crippen molar-refractivity contribution in [3.05, 3.63) is 35.8 Å². The van der Waals surface area contributed by atoms with Gasteiger partial charge in [0.15, 0.2) is 0 Å². The van der Waals surface area contributed by atoms with E-state index in [0.29, 0.717) is 17.5 Å². The number of hydrogen-bond acceptors (Lipinski definition) is 5. The average Bonchev–Trinajstić information content (AvgIpc) is 2.89. The number of nitrogen functional groups attached to an aromatic ring is 1. The van der Waals surface area contributed by atoms with Gasteiger partial charge in [-0.2, -0.15) is 0 Å². The quantitative estimate of drug-likeness (QED) is 0.388. The third kappa shape index (κ3) is 3.58. The Bertz CT molecular complexity index is 898. The zero-order valence-electron chi connectivity index (χ0n) is 15.1. The van der Waals surface area contributed by atoms with E-state index < -0.39 is 0 Å². The second-order valence-electron chi connectivity index (χ2n) is 7.11. The van der Waals surface area contributed by atoms with E-state index in [-0.39, 0.29) is 0 Å². The Labute approximate surface area is 153 Å². The molecule has 2 heterocycles. The molecule has 0 radical (unpaired) electrons. The number of benzene rings is 1. The second-order valence-corrected chi connectivity index (χ2v) is 7.60. The number of thiol groups is 1. The maximum Gasteiger partial charge on any atom is 0.143 e. The molecule has 6 heteroatoms. The van der Waals surface area contributed by atoms with Gasteiger partial charge in [-0.15, -0.1) is 12.6 Å². The van der Waals surface area contributed by atoms with Crippen molar-refractivity contribution in [2.45, 2.75) is 44.9 Å². The van der Waals surface area contributed by atoms with Gasteiger partial charge >= 0.3 is 0 Å². The molecule has 0 bridgehead atoms. The van der Waals surface area contributed by atoms with Crippen LogP contribution in [0.4, 0.5) is 17.2 Å². The highest BCUT2D eigenvalue weighted by atomic mass is 32.1. The Morgan fingerprint density at radius 3 is 2.60 bits per heavy atom. The van der Waals surface area contributed by atoms with Gasteiger partial charge in [0.05, 0.1) is 5.39 Å². The van der Waals surface area contributed by atoms with Gasteiger partial charge in [-0.05, 0) is 42.0 Å². The molecule has 0 spiro atoms. The van der Waals surface area contributed by atoms with Crippen LogP contribution in [-0.2, 0) is 6.42 Å². The zero-order valence-corrected chi connectivity index (χ0v) is 16.0. The molecular weight excluding hydrogens is 330 g/mol. The first-order valence-corrected chi connectivity index (χ1v) is 9.02. The number of nitrogens with two attached hydrogens (primary N) is 1. The smallest absolute Gasteiger partial charge is 0.143 e. The highest BCUT2D eigenvalue weighted by Crippen LogP contribution is 2.35. The van der Waals surface area contributed by atoms with Crippen LogP contribution in [0, 0.1) is 5.92 Å². The molecular formula is C19H25N5S. The summed E-state index contributed by atoms with van der Waals surface area (Å²) in [5.74, 6) is 1.75. The van der Waals surface area contributed by atoms with Gasteiger partial charge in [-0.1, -0.05) is 27.7 Å². The third-order valence-corrected chi connectivity index (χ3v) is 4.58. The fourth-order valence-corrected chi connectivity index (χ4v) is 3.37. The van der Waals surface area contributed by atoms with Crippen LogP contribution in [0.5, 0.6) is 0 Å². The zero-order chi connectivity index (χ0) is 18.1. The summed E-state index contributed by atoms with van der Waals surface area (Å²) in [4.78, 5) is 13.2. The molecule has 5 nitrogen and oxygen atoms in total. The highest BCUT2D eigenvalue weighted by molar-refractivity contribution is 7.80. The van der Waals surface area contributed by atoms with E-state index in [1.54, 1.807) is 6.33 Å². The molecule has 25 heavy (non-hydrogen) atoms. The maximum atomic E-state index is 5.85. The van der Waals surface area contributed by atoms with E-state index in [9.17, 15) is 0 Å². The Morgan fingerprint density at radius 1 is 1.20 bits per heavy atom. The number of nitrogens with one attached hydrogen (secondary N) is 2. The maximum absolute atomic E-state index is 5.85. The second kappa shape index (κ2) is 6.96. The van der Waals surface area contributed by atoms with E-state index in [1.807, 2.05) is 18.2 Å². The molecule has 0 amide bonds. The number of hydrogen-bond donors (Lipinski definition) is 4. The van der Waals surface area contributed by atoms with Gasteiger partial charge in [0.1, 0.15) is 17.8 Å². The lowest BCUT2D eigenvalue weighted by Crippen LogP contribution is -2.01. The van der Waals surface area contributed by atoms with E-state index >= 15 is 0 Å². The van der Waals surface area contributed by atoms with Crippen LogP contribution in [0.2, 0.25) is 0 Å². The molecule has 0 aliphatic carbocycles. The average molecular weight is 356 g/mol. The molecule has 132 valence electrons. The van der Waals surface area contributed by atoms with Crippen molar-refractivity contribution >= 4 is 40.9 Å². The van der Waals surface area contributed by atoms with Gasteiger partial charge in [0, 0.05) is 22.0 Å². The predicted molar refractivity (Wildman–Crippen MR) is 108 cm³/mol. The van der Waals surface area contributed by atoms with E-state index in [1.165, 1.54) is 11.3 Å². The standard InChI is InChI=1S/C19H25N5S/c1-10(2)7-14-16(11(3)4)17-18(21-9-22-19(17)24-14)23-12-5-6-13(20)15(25)8-12/h5-6,8-11,25H,7,20H2,1-4H3,(H2,21,22,23,24). The largest absolute Gasteiger partial charge is 0.398 e. The topological polar surface area (TPSA) is 79.6 Å². The summed E-state index contributed by atoms with van der Waals surface area (Å²) in [6.45, 7) is 8.86. The Hall–Kier alpha value is -2.21. The minimum atomic E-state index is 0.376. The highest BCUT2D eigenvalue weighted by Gasteiger charge is 2.20. The van der Waals surface area contributed by atoms with Crippen molar-refractivity contribution in [3.63, 3.8) is 0 Å². The number of aromatic amines is 1. The number of nitrogens with zero attached hydrogens (tertiary/aromatic N) is 2. The van der Waals surface area contributed by atoms with E-state index in [4.69, 9.17) is 5.73 Å². The molecule has 3 aromatic rings. The summed E-state index contributed by atoms with van der Waals surface area (Å²) in [6, 6.07) is 5.68. The first-order chi connectivity index (χ1) is 11.9. The van der Waals surface area contributed by atoms with Crippen molar-refractivity contribution in [2.24, 2.45) is 5.92 Å². The minimum absolute atomic E-state index is 0.376. The summed E-state index contributed by atoms with van der Waals surface area (Å²) in [5, 5.41) is 4.46. The van der Waals surface area contributed by atoms with Crippen LogP contribution >= 0.6 is 12.6 Å². The summed E-state index contributed by atoms with van der Waals surface area (Å²) in [6.07, 6.45) is 2.58. The van der Waals surface area contributed by atoms with Gasteiger partial charge in [0.2, 0.25) is 0 Å². The molecule has 2 aromatic heterocycles. The van der Waals surface area contributed by atoms with Gasteiger partial charge in [-0.25, -0.2) is 9.97 Å².